The summed E-state index contributed by atoms with van der Waals surface area (Å²) in [5.41, 5.74) is 0.714. The summed E-state index contributed by atoms with van der Waals surface area (Å²) in [6, 6.07) is 7.80. The maximum Gasteiger partial charge on any atom is 0.255 e. The van der Waals surface area contributed by atoms with E-state index in [1.54, 1.807) is 35.3 Å². The van der Waals surface area contributed by atoms with Gasteiger partial charge in [-0.3, -0.25) is 0 Å². The minimum absolute atomic E-state index is 0.299. The lowest BCUT2D eigenvalue weighted by Gasteiger charge is -2.07. The number of rotatable bonds is 4. The van der Waals surface area contributed by atoms with Gasteiger partial charge in [0, 0.05) is 24.5 Å². The molecule has 2 aromatic heterocycles. The number of aromatic nitrogens is 5. The smallest absolute Gasteiger partial charge is 0.255 e. The third kappa shape index (κ3) is 2.86. The van der Waals surface area contributed by atoms with Crippen LogP contribution in [0.25, 0.3) is 17.3 Å². The van der Waals surface area contributed by atoms with Crippen molar-refractivity contribution in [2.75, 3.05) is 11.9 Å². The second-order valence-electron chi connectivity index (χ2n) is 4.27. The van der Waals surface area contributed by atoms with E-state index in [-0.39, 0.29) is 5.82 Å². The predicted octanol–water partition coefficient (Wildman–Crippen LogP) is 2.30. The summed E-state index contributed by atoms with van der Waals surface area (Å²) in [4.78, 5) is 13.0. The molecule has 0 saturated heterocycles. The molecule has 1 aromatic carbocycles. The molecule has 0 aliphatic rings. The Morgan fingerprint density at radius 3 is 2.62 bits per heavy atom. The molecule has 0 atom stereocenters. The summed E-state index contributed by atoms with van der Waals surface area (Å²) in [7, 11) is 0. The highest BCUT2D eigenvalue weighted by Gasteiger charge is 2.10. The fraction of sp³-hybridized carbons (Fsp3) is 0.143. The van der Waals surface area contributed by atoms with Crippen molar-refractivity contribution in [3.05, 3.63) is 48.5 Å². The molecule has 0 amide bonds. The number of nitrogens with zero attached hydrogens (tertiary/aromatic N) is 5. The highest BCUT2D eigenvalue weighted by atomic mass is 19.1. The van der Waals surface area contributed by atoms with Crippen LogP contribution in [0.15, 0.2) is 42.7 Å². The second-order valence-corrected chi connectivity index (χ2v) is 4.27. The Morgan fingerprint density at radius 1 is 1.14 bits per heavy atom. The zero-order chi connectivity index (χ0) is 14.7. The van der Waals surface area contributed by atoms with Gasteiger partial charge < -0.3 is 5.32 Å². The molecule has 3 rings (SSSR count). The molecule has 0 fully saturated rings. The average Bonchev–Trinajstić information content (AvgIpc) is 3.02. The highest BCUT2D eigenvalue weighted by Crippen LogP contribution is 2.17. The third-order valence-electron chi connectivity index (χ3n) is 2.77. The van der Waals surface area contributed by atoms with Gasteiger partial charge in [0.05, 0.1) is 0 Å². The maximum atomic E-state index is 13.0. The first kappa shape index (κ1) is 13.2. The van der Waals surface area contributed by atoms with Crippen molar-refractivity contribution in [1.82, 2.24) is 24.7 Å². The van der Waals surface area contributed by atoms with Crippen LogP contribution in [-0.2, 0) is 0 Å². The van der Waals surface area contributed by atoms with Gasteiger partial charge in [0.1, 0.15) is 5.82 Å². The van der Waals surface area contributed by atoms with Gasteiger partial charge >= 0.3 is 0 Å². The number of nitrogens with one attached hydrogen (secondary N) is 1. The Kier molecular flexibility index (Phi) is 3.55. The van der Waals surface area contributed by atoms with E-state index in [0.29, 0.717) is 29.8 Å². The van der Waals surface area contributed by atoms with E-state index in [1.165, 1.54) is 12.1 Å². The van der Waals surface area contributed by atoms with Crippen LogP contribution in [0.2, 0.25) is 0 Å². The zero-order valence-corrected chi connectivity index (χ0v) is 11.4. The van der Waals surface area contributed by atoms with Crippen LogP contribution in [-0.4, -0.2) is 31.3 Å². The van der Waals surface area contributed by atoms with Gasteiger partial charge in [-0.2, -0.15) is 20.1 Å². The number of halogens is 1. The molecule has 106 valence electrons. The van der Waals surface area contributed by atoms with Crippen LogP contribution in [0, 0.1) is 5.82 Å². The number of benzene rings is 1. The van der Waals surface area contributed by atoms with E-state index in [9.17, 15) is 4.39 Å². The molecule has 21 heavy (non-hydrogen) atoms. The van der Waals surface area contributed by atoms with Crippen molar-refractivity contribution >= 4 is 5.95 Å². The van der Waals surface area contributed by atoms with E-state index < -0.39 is 0 Å². The monoisotopic (exact) mass is 284 g/mol. The van der Waals surface area contributed by atoms with E-state index in [4.69, 9.17) is 0 Å². The molecule has 0 aliphatic carbocycles. The van der Waals surface area contributed by atoms with Crippen molar-refractivity contribution in [2.24, 2.45) is 0 Å². The molecule has 3 aromatic rings. The maximum absolute atomic E-state index is 13.0. The number of anilines is 1. The lowest BCUT2D eigenvalue weighted by molar-refractivity contribution is 0.628. The zero-order valence-electron chi connectivity index (χ0n) is 11.4. The Labute approximate surface area is 120 Å². The summed E-state index contributed by atoms with van der Waals surface area (Å²) < 4.78 is 14.6. The first-order valence-corrected chi connectivity index (χ1v) is 6.52. The van der Waals surface area contributed by atoms with E-state index in [0.717, 1.165) is 0 Å². The Balaban J connectivity index is 2.09. The van der Waals surface area contributed by atoms with Gasteiger partial charge in [-0.1, -0.05) is 0 Å². The van der Waals surface area contributed by atoms with Crippen LogP contribution in [0.5, 0.6) is 0 Å². The van der Waals surface area contributed by atoms with Crippen LogP contribution < -0.4 is 5.32 Å². The van der Waals surface area contributed by atoms with Crippen molar-refractivity contribution in [3.8, 4) is 17.3 Å². The Morgan fingerprint density at radius 2 is 1.95 bits per heavy atom. The number of hydrogen-bond donors (Lipinski definition) is 1. The molecule has 2 heterocycles. The van der Waals surface area contributed by atoms with Gasteiger partial charge in [0.2, 0.25) is 5.95 Å². The van der Waals surface area contributed by atoms with Crippen molar-refractivity contribution in [2.45, 2.75) is 6.92 Å². The molecule has 7 heteroatoms. The Hall–Kier alpha value is -2.83. The third-order valence-corrected chi connectivity index (χ3v) is 2.77. The van der Waals surface area contributed by atoms with Gasteiger partial charge in [-0.25, -0.2) is 9.07 Å². The van der Waals surface area contributed by atoms with Gasteiger partial charge in [-0.15, -0.1) is 0 Å². The van der Waals surface area contributed by atoms with Gasteiger partial charge in [0.25, 0.3) is 5.95 Å². The number of hydrogen-bond acceptors (Lipinski definition) is 5. The SMILES string of the molecule is CCNc1nc(-c2ccc(F)cc2)nc(-n2cccn2)n1. The van der Waals surface area contributed by atoms with Gasteiger partial charge in [-0.05, 0) is 37.3 Å². The fourth-order valence-corrected chi connectivity index (χ4v) is 1.82. The van der Waals surface area contributed by atoms with Crippen molar-refractivity contribution in [1.29, 1.82) is 0 Å². The largest absolute Gasteiger partial charge is 0.354 e. The molecule has 6 nitrogen and oxygen atoms in total. The van der Waals surface area contributed by atoms with Crippen LogP contribution >= 0.6 is 0 Å². The summed E-state index contributed by atoms with van der Waals surface area (Å²) in [5.74, 6) is 1.03. The molecule has 0 bridgehead atoms. The molecule has 0 spiro atoms. The predicted molar refractivity (Wildman–Crippen MR) is 76.5 cm³/mol. The van der Waals surface area contributed by atoms with E-state index in [1.807, 2.05) is 6.92 Å². The Bertz CT molecular complexity index is 724. The molecule has 0 saturated carbocycles. The van der Waals surface area contributed by atoms with Crippen LogP contribution in [0.4, 0.5) is 10.3 Å². The summed E-state index contributed by atoms with van der Waals surface area (Å²) in [6.45, 7) is 2.64. The molecular formula is C14H13FN6. The van der Waals surface area contributed by atoms with E-state index >= 15 is 0 Å². The normalized spacial score (nSPS) is 10.6. The lowest BCUT2D eigenvalue weighted by Crippen LogP contribution is -2.10. The summed E-state index contributed by atoms with van der Waals surface area (Å²) >= 11 is 0. The molecular weight excluding hydrogens is 271 g/mol. The minimum Gasteiger partial charge on any atom is -0.354 e. The fourth-order valence-electron chi connectivity index (χ4n) is 1.82. The average molecular weight is 284 g/mol. The van der Waals surface area contributed by atoms with Crippen LogP contribution in [0.1, 0.15) is 6.92 Å². The first-order valence-electron chi connectivity index (χ1n) is 6.52. The first-order chi connectivity index (χ1) is 10.3. The second kappa shape index (κ2) is 5.66. The molecule has 0 radical (unpaired) electrons. The topological polar surface area (TPSA) is 68.5 Å². The minimum atomic E-state index is -0.299. The molecule has 0 unspecified atom stereocenters. The quantitative estimate of drug-likeness (QED) is 0.796. The van der Waals surface area contributed by atoms with Crippen molar-refractivity contribution < 1.29 is 4.39 Å². The summed E-state index contributed by atoms with van der Waals surface area (Å²) in [5, 5.41) is 7.17. The van der Waals surface area contributed by atoms with Crippen LogP contribution in [0.3, 0.4) is 0 Å². The standard InChI is InChI=1S/C14H13FN6/c1-2-16-13-18-12(10-4-6-11(15)7-5-10)19-14(20-13)21-9-3-8-17-21/h3-9H,2H2,1H3,(H,16,18,19,20). The van der Waals surface area contributed by atoms with Gasteiger partial charge in [0.15, 0.2) is 5.82 Å². The van der Waals surface area contributed by atoms with E-state index in [2.05, 4.69) is 25.4 Å². The molecule has 0 aliphatic heterocycles. The molecule has 1 N–H and O–H groups in total. The lowest BCUT2D eigenvalue weighted by atomic mass is 10.2. The summed E-state index contributed by atoms with van der Waals surface area (Å²) in [6.07, 6.45) is 3.40. The highest BCUT2D eigenvalue weighted by molar-refractivity contribution is 5.56. The van der Waals surface area contributed by atoms with Crippen molar-refractivity contribution in [3.63, 3.8) is 0 Å².